The zero-order valence-corrected chi connectivity index (χ0v) is 13.8. The van der Waals surface area contributed by atoms with E-state index in [9.17, 15) is 4.79 Å². The van der Waals surface area contributed by atoms with Crippen LogP contribution in [-0.2, 0) is 19.0 Å². The molecule has 1 aliphatic heterocycles. The van der Waals surface area contributed by atoms with Crippen LogP contribution in [0.1, 0.15) is 26.7 Å². The summed E-state index contributed by atoms with van der Waals surface area (Å²) in [6, 6.07) is 0.500. The van der Waals surface area contributed by atoms with Crippen molar-refractivity contribution in [2.75, 3.05) is 40.5 Å². The second-order valence-electron chi connectivity index (χ2n) is 6.57. The van der Waals surface area contributed by atoms with Crippen LogP contribution in [0.25, 0.3) is 0 Å². The minimum atomic E-state index is -0.128. The summed E-state index contributed by atoms with van der Waals surface area (Å²) in [5.74, 6) is 0.165. The summed E-state index contributed by atoms with van der Waals surface area (Å²) in [4.78, 5) is 14.1. The van der Waals surface area contributed by atoms with Crippen LogP contribution in [-0.4, -0.2) is 64.6 Å². The van der Waals surface area contributed by atoms with Gasteiger partial charge in [0.2, 0.25) is 0 Å². The van der Waals surface area contributed by atoms with Gasteiger partial charge in [0.15, 0.2) is 0 Å². The molecule has 2 aliphatic rings. The van der Waals surface area contributed by atoms with E-state index >= 15 is 0 Å². The molecule has 2 rings (SSSR count). The molecular weight excluding hydrogens is 270 g/mol. The summed E-state index contributed by atoms with van der Waals surface area (Å²) >= 11 is 0. The van der Waals surface area contributed by atoms with Crippen LogP contribution in [0.5, 0.6) is 0 Å². The molecule has 5 heteroatoms. The van der Waals surface area contributed by atoms with Crippen molar-refractivity contribution in [1.82, 2.24) is 0 Å². The highest BCUT2D eigenvalue weighted by molar-refractivity contribution is 5.84. The van der Waals surface area contributed by atoms with E-state index in [1.807, 2.05) is 13.8 Å². The van der Waals surface area contributed by atoms with Gasteiger partial charge in [-0.3, -0.25) is 4.79 Å². The van der Waals surface area contributed by atoms with Gasteiger partial charge in [0, 0.05) is 33.0 Å². The van der Waals surface area contributed by atoms with E-state index in [0.29, 0.717) is 6.04 Å². The largest absolute Gasteiger partial charge is 0.380 e. The predicted molar refractivity (Wildman–Crippen MR) is 79.5 cm³/mol. The Balaban J connectivity index is 2.10. The smallest absolute Gasteiger partial charge is 0.143 e. The van der Waals surface area contributed by atoms with Gasteiger partial charge < -0.3 is 19.1 Å². The molecule has 0 bridgehead atoms. The number of ether oxygens (including phenoxy) is 3. The fourth-order valence-electron chi connectivity index (χ4n) is 3.80. The van der Waals surface area contributed by atoms with Crippen LogP contribution in [0, 0.1) is 11.8 Å². The number of morpholine rings is 1. The molecule has 0 aromatic rings. The summed E-state index contributed by atoms with van der Waals surface area (Å²) in [6.45, 7) is 7.66. The summed E-state index contributed by atoms with van der Waals surface area (Å²) in [5.41, 5.74) is 0. The van der Waals surface area contributed by atoms with Gasteiger partial charge in [-0.25, -0.2) is 0 Å². The van der Waals surface area contributed by atoms with E-state index < -0.39 is 0 Å². The lowest BCUT2D eigenvalue weighted by Gasteiger charge is -2.43. The van der Waals surface area contributed by atoms with Crippen molar-refractivity contribution in [2.24, 2.45) is 11.8 Å². The highest BCUT2D eigenvalue weighted by Gasteiger charge is 2.46. The first-order chi connectivity index (χ1) is 10.1. The molecule has 1 heterocycles. The fourth-order valence-corrected chi connectivity index (χ4v) is 3.80. The summed E-state index contributed by atoms with van der Waals surface area (Å²) in [6.07, 6.45) is 1.82. The second-order valence-corrected chi connectivity index (χ2v) is 6.57. The van der Waals surface area contributed by atoms with E-state index in [-0.39, 0.29) is 29.8 Å². The predicted octanol–water partition coefficient (Wildman–Crippen LogP) is -0.0648. The number of methoxy groups -OCH3 is 2. The third kappa shape index (κ3) is 3.83. The van der Waals surface area contributed by atoms with Gasteiger partial charge in [-0.05, 0) is 0 Å². The normalized spacial score (nSPS) is 35.1. The van der Waals surface area contributed by atoms with Crippen LogP contribution in [0.2, 0.25) is 0 Å². The van der Waals surface area contributed by atoms with E-state index in [0.717, 1.165) is 39.1 Å². The van der Waals surface area contributed by atoms with Crippen LogP contribution in [0.3, 0.4) is 0 Å². The van der Waals surface area contributed by atoms with Gasteiger partial charge in [-0.2, -0.15) is 0 Å². The molecule has 1 aliphatic carbocycles. The Morgan fingerprint density at radius 3 is 2.05 bits per heavy atom. The first-order valence-corrected chi connectivity index (χ1v) is 8.10. The SMILES string of the molecule is COC1CC([NH+]2CCOCC2)CC(OC)C1C(=O)C(C)C. The molecule has 2 unspecified atom stereocenters. The average Bonchev–Trinajstić information content (AvgIpc) is 2.53. The third-order valence-electron chi connectivity index (χ3n) is 5.05. The van der Waals surface area contributed by atoms with Crippen LogP contribution < -0.4 is 4.90 Å². The van der Waals surface area contributed by atoms with Gasteiger partial charge in [0.05, 0.1) is 37.4 Å². The number of carbonyl (C=O) groups is 1. The molecule has 0 amide bonds. The summed E-state index contributed by atoms with van der Waals surface area (Å²) in [7, 11) is 3.43. The fraction of sp³-hybridized carbons (Fsp3) is 0.938. The molecule has 0 radical (unpaired) electrons. The van der Waals surface area contributed by atoms with Gasteiger partial charge in [-0.15, -0.1) is 0 Å². The molecule has 1 saturated carbocycles. The quantitative estimate of drug-likeness (QED) is 0.772. The number of hydrogen-bond acceptors (Lipinski definition) is 4. The van der Waals surface area contributed by atoms with Gasteiger partial charge in [0.25, 0.3) is 0 Å². The van der Waals surface area contributed by atoms with Crippen molar-refractivity contribution in [3.63, 3.8) is 0 Å². The zero-order chi connectivity index (χ0) is 15.4. The van der Waals surface area contributed by atoms with Crippen LogP contribution in [0.4, 0.5) is 0 Å². The van der Waals surface area contributed by atoms with E-state index in [4.69, 9.17) is 14.2 Å². The maximum absolute atomic E-state index is 12.5. The zero-order valence-electron chi connectivity index (χ0n) is 13.8. The molecule has 1 N–H and O–H groups in total. The molecule has 1 saturated heterocycles. The lowest BCUT2D eigenvalue weighted by Crippen LogP contribution is -3.18. The average molecular weight is 300 g/mol. The monoisotopic (exact) mass is 300 g/mol. The van der Waals surface area contributed by atoms with Crippen molar-refractivity contribution >= 4 is 5.78 Å². The number of quaternary nitrogens is 1. The van der Waals surface area contributed by atoms with Crippen molar-refractivity contribution < 1.29 is 23.9 Å². The Morgan fingerprint density at radius 2 is 1.62 bits per heavy atom. The Hall–Kier alpha value is -0.490. The topological polar surface area (TPSA) is 49.2 Å². The summed E-state index contributed by atoms with van der Waals surface area (Å²) in [5, 5.41) is 0. The minimum Gasteiger partial charge on any atom is -0.380 e. The molecule has 0 aromatic carbocycles. The molecule has 5 nitrogen and oxygen atoms in total. The minimum absolute atomic E-state index is 0.0255. The maximum atomic E-state index is 12.5. The highest BCUT2D eigenvalue weighted by atomic mass is 16.5. The van der Waals surface area contributed by atoms with Crippen LogP contribution in [0.15, 0.2) is 0 Å². The number of Topliss-reactive ketones (excluding diaryl/α,β-unsaturated/α-hetero) is 1. The number of carbonyl (C=O) groups excluding carboxylic acids is 1. The number of ketones is 1. The highest BCUT2D eigenvalue weighted by Crippen LogP contribution is 2.31. The number of rotatable bonds is 5. The molecule has 0 spiro atoms. The van der Waals surface area contributed by atoms with Crippen molar-refractivity contribution in [3.8, 4) is 0 Å². The first kappa shape index (κ1) is 16.9. The molecule has 2 fully saturated rings. The molecule has 122 valence electrons. The van der Waals surface area contributed by atoms with Crippen molar-refractivity contribution in [3.05, 3.63) is 0 Å². The van der Waals surface area contributed by atoms with Crippen molar-refractivity contribution in [2.45, 2.75) is 44.9 Å². The van der Waals surface area contributed by atoms with Crippen molar-refractivity contribution in [1.29, 1.82) is 0 Å². The maximum Gasteiger partial charge on any atom is 0.143 e. The Bertz CT molecular complexity index is 327. The lowest BCUT2D eigenvalue weighted by atomic mass is 9.75. The van der Waals surface area contributed by atoms with Gasteiger partial charge in [0.1, 0.15) is 18.9 Å². The van der Waals surface area contributed by atoms with E-state index in [1.54, 1.807) is 19.1 Å². The number of nitrogens with one attached hydrogen (secondary N) is 1. The number of hydrogen-bond donors (Lipinski definition) is 1. The summed E-state index contributed by atoms with van der Waals surface area (Å²) < 4.78 is 16.8. The third-order valence-corrected chi connectivity index (χ3v) is 5.05. The Kier molecular flexibility index (Phi) is 6.17. The molecular formula is C16H30NO4+. The molecule has 21 heavy (non-hydrogen) atoms. The Labute approximate surface area is 127 Å². The lowest BCUT2D eigenvalue weighted by molar-refractivity contribution is -0.935. The van der Waals surface area contributed by atoms with E-state index in [1.165, 1.54) is 0 Å². The first-order valence-electron chi connectivity index (χ1n) is 8.10. The van der Waals surface area contributed by atoms with Gasteiger partial charge in [-0.1, -0.05) is 13.8 Å². The Morgan fingerprint density at radius 1 is 1.10 bits per heavy atom. The van der Waals surface area contributed by atoms with Gasteiger partial charge >= 0.3 is 0 Å². The van der Waals surface area contributed by atoms with E-state index in [2.05, 4.69) is 0 Å². The van der Waals surface area contributed by atoms with Crippen LogP contribution >= 0.6 is 0 Å². The molecule has 2 atom stereocenters. The second kappa shape index (κ2) is 7.68. The molecule has 0 aromatic heterocycles. The standard InChI is InChI=1S/C16H29NO4/c1-11(2)16(18)15-13(19-3)9-12(10-14(15)20-4)17-5-7-21-8-6-17/h11-15H,5-10H2,1-4H3/p+1.